The molecule has 0 saturated heterocycles. The van der Waals surface area contributed by atoms with Gasteiger partial charge < -0.3 is 5.32 Å². The highest BCUT2D eigenvalue weighted by atomic mass is 35.5. The number of anilines is 1. The van der Waals surface area contributed by atoms with E-state index in [0.717, 1.165) is 11.3 Å². The van der Waals surface area contributed by atoms with Gasteiger partial charge in [-0.25, -0.2) is 0 Å². The van der Waals surface area contributed by atoms with Crippen molar-refractivity contribution in [3.8, 4) is 11.3 Å². The zero-order valence-electron chi connectivity index (χ0n) is 8.31. The Balaban J connectivity index is 2.29. The van der Waals surface area contributed by atoms with Crippen molar-refractivity contribution in [2.75, 3.05) is 11.2 Å². The molecule has 0 aliphatic carbocycles. The van der Waals surface area contributed by atoms with Crippen LogP contribution in [0.3, 0.4) is 0 Å². The van der Waals surface area contributed by atoms with Crippen molar-refractivity contribution in [2.24, 2.45) is 0 Å². The van der Waals surface area contributed by atoms with E-state index in [9.17, 15) is 4.79 Å². The fraction of sp³-hybridized carbons (Fsp3) is 0.0909. The van der Waals surface area contributed by atoms with Gasteiger partial charge in [0.25, 0.3) is 0 Å². The molecular formula is C11H9ClN2OS. The van der Waals surface area contributed by atoms with Crippen LogP contribution in [0.25, 0.3) is 11.3 Å². The Labute approximate surface area is 102 Å². The number of nitrogens with one attached hydrogen (secondary N) is 1. The molecule has 82 valence electrons. The number of alkyl halides is 1. The Hall–Kier alpha value is -1.39. The number of halogens is 1. The van der Waals surface area contributed by atoms with Gasteiger partial charge >= 0.3 is 0 Å². The number of nitrogens with zero attached hydrogens (tertiary/aromatic N) is 1. The van der Waals surface area contributed by atoms with Crippen LogP contribution in [0.4, 0.5) is 5.69 Å². The minimum atomic E-state index is -0.223. The lowest BCUT2D eigenvalue weighted by Gasteiger charge is -2.03. The summed E-state index contributed by atoms with van der Waals surface area (Å²) in [4.78, 5) is 11.2. The van der Waals surface area contributed by atoms with Gasteiger partial charge in [0, 0.05) is 10.9 Å². The van der Waals surface area contributed by atoms with E-state index in [1.165, 1.54) is 11.5 Å². The quantitative estimate of drug-likeness (QED) is 0.854. The van der Waals surface area contributed by atoms with Crippen LogP contribution in [-0.2, 0) is 4.79 Å². The Kier molecular flexibility index (Phi) is 3.54. The van der Waals surface area contributed by atoms with Gasteiger partial charge in [0.05, 0.1) is 5.69 Å². The normalized spacial score (nSPS) is 10.1. The third kappa shape index (κ3) is 2.40. The number of carbonyl (C=O) groups is 1. The topological polar surface area (TPSA) is 42.0 Å². The fourth-order valence-electron chi connectivity index (χ4n) is 1.31. The first-order valence-corrected chi connectivity index (χ1v) is 6.04. The summed E-state index contributed by atoms with van der Waals surface area (Å²) in [6.45, 7) is 0. The van der Waals surface area contributed by atoms with Gasteiger partial charge in [0.2, 0.25) is 5.91 Å². The van der Waals surface area contributed by atoms with E-state index >= 15 is 0 Å². The number of rotatable bonds is 3. The van der Waals surface area contributed by atoms with Crippen LogP contribution in [0.1, 0.15) is 0 Å². The summed E-state index contributed by atoms with van der Waals surface area (Å²) < 4.78 is 4.26. The molecule has 3 nitrogen and oxygen atoms in total. The first-order valence-electron chi connectivity index (χ1n) is 4.67. The number of carbonyl (C=O) groups excluding carboxylic acids is 1. The van der Waals surface area contributed by atoms with Crippen molar-refractivity contribution >= 4 is 34.7 Å². The molecule has 0 unspecified atom stereocenters. The lowest BCUT2D eigenvalue weighted by Crippen LogP contribution is -2.12. The SMILES string of the molecule is O=C(CCl)Nc1csnc1-c1ccccc1. The van der Waals surface area contributed by atoms with Crippen molar-refractivity contribution in [2.45, 2.75) is 0 Å². The summed E-state index contributed by atoms with van der Waals surface area (Å²) in [6, 6.07) is 9.70. The molecule has 2 aromatic rings. The van der Waals surface area contributed by atoms with Gasteiger partial charge in [-0.15, -0.1) is 11.6 Å². The van der Waals surface area contributed by atoms with Gasteiger partial charge in [0.1, 0.15) is 11.6 Å². The van der Waals surface area contributed by atoms with E-state index in [4.69, 9.17) is 11.6 Å². The zero-order chi connectivity index (χ0) is 11.4. The molecular weight excluding hydrogens is 244 g/mol. The van der Waals surface area contributed by atoms with Gasteiger partial charge in [-0.05, 0) is 11.5 Å². The molecule has 1 aromatic carbocycles. The van der Waals surface area contributed by atoms with E-state index in [0.29, 0.717) is 5.69 Å². The summed E-state index contributed by atoms with van der Waals surface area (Å²) >= 11 is 6.74. The van der Waals surface area contributed by atoms with E-state index in [1.807, 2.05) is 30.3 Å². The Bertz CT molecular complexity index is 484. The second-order valence-corrected chi connectivity index (χ2v) is 4.02. The third-order valence-electron chi connectivity index (χ3n) is 2.01. The molecule has 0 aliphatic rings. The highest BCUT2D eigenvalue weighted by Crippen LogP contribution is 2.28. The Morgan fingerprint density at radius 1 is 1.38 bits per heavy atom. The predicted molar refractivity (Wildman–Crippen MR) is 66.9 cm³/mol. The molecule has 0 saturated carbocycles. The minimum Gasteiger partial charge on any atom is -0.322 e. The highest BCUT2D eigenvalue weighted by molar-refractivity contribution is 7.04. The molecule has 0 atom stereocenters. The van der Waals surface area contributed by atoms with Crippen LogP contribution in [0.15, 0.2) is 35.7 Å². The molecule has 0 radical (unpaired) electrons. The van der Waals surface area contributed by atoms with Crippen LogP contribution >= 0.6 is 23.1 Å². The summed E-state index contributed by atoms with van der Waals surface area (Å²) in [6.07, 6.45) is 0. The van der Waals surface area contributed by atoms with Crippen molar-refractivity contribution in [3.05, 3.63) is 35.7 Å². The number of benzene rings is 1. The molecule has 0 fully saturated rings. The number of hydrogen-bond acceptors (Lipinski definition) is 3. The van der Waals surface area contributed by atoms with Gasteiger partial charge in [-0.1, -0.05) is 30.3 Å². The van der Waals surface area contributed by atoms with Gasteiger partial charge in [-0.3, -0.25) is 4.79 Å². The molecule has 1 aromatic heterocycles. The molecule has 16 heavy (non-hydrogen) atoms. The first kappa shape index (κ1) is 11.1. The summed E-state index contributed by atoms with van der Waals surface area (Å²) in [7, 11) is 0. The molecule has 1 heterocycles. The van der Waals surface area contributed by atoms with Gasteiger partial charge in [0.15, 0.2) is 0 Å². The minimum absolute atomic E-state index is 0.0515. The second kappa shape index (κ2) is 5.09. The average molecular weight is 253 g/mol. The monoisotopic (exact) mass is 252 g/mol. The highest BCUT2D eigenvalue weighted by Gasteiger charge is 2.10. The van der Waals surface area contributed by atoms with Crippen LogP contribution in [-0.4, -0.2) is 16.2 Å². The number of hydrogen-bond donors (Lipinski definition) is 1. The molecule has 5 heteroatoms. The van der Waals surface area contributed by atoms with Crippen LogP contribution in [0.5, 0.6) is 0 Å². The largest absolute Gasteiger partial charge is 0.322 e. The number of amides is 1. The van der Waals surface area contributed by atoms with Crippen molar-refractivity contribution < 1.29 is 4.79 Å². The van der Waals surface area contributed by atoms with Gasteiger partial charge in [-0.2, -0.15) is 4.37 Å². The van der Waals surface area contributed by atoms with E-state index in [1.54, 1.807) is 5.38 Å². The fourth-order valence-corrected chi connectivity index (χ4v) is 2.02. The molecule has 2 rings (SSSR count). The maximum Gasteiger partial charge on any atom is 0.239 e. The standard InChI is InChI=1S/C11H9ClN2OS/c12-6-10(15)13-9-7-16-14-11(9)8-4-2-1-3-5-8/h1-5,7H,6H2,(H,13,15). The van der Waals surface area contributed by atoms with Crippen LogP contribution in [0, 0.1) is 0 Å². The number of aromatic nitrogens is 1. The van der Waals surface area contributed by atoms with Crippen LogP contribution in [0.2, 0.25) is 0 Å². The third-order valence-corrected chi connectivity index (χ3v) is 2.88. The summed E-state index contributed by atoms with van der Waals surface area (Å²) in [5, 5.41) is 4.51. The second-order valence-electron chi connectivity index (χ2n) is 3.12. The van der Waals surface area contributed by atoms with Crippen molar-refractivity contribution in [1.29, 1.82) is 0 Å². The van der Waals surface area contributed by atoms with Crippen molar-refractivity contribution in [1.82, 2.24) is 4.37 Å². The molecule has 0 aliphatic heterocycles. The maximum absolute atomic E-state index is 11.2. The summed E-state index contributed by atoms with van der Waals surface area (Å²) in [5.74, 6) is -0.275. The van der Waals surface area contributed by atoms with Crippen molar-refractivity contribution in [3.63, 3.8) is 0 Å². The predicted octanol–water partition coefficient (Wildman–Crippen LogP) is 2.99. The van der Waals surface area contributed by atoms with E-state index in [2.05, 4.69) is 9.69 Å². The summed E-state index contributed by atoms with van der Waals surface area (Å²) in [5.41, 5.74) is 2.47. The molecule has 1 N–H and O–H groups in total. The molecule has 0 bridgehead atoms. The zero-order valence-corrected chi connectivity index (χ0v) is 9.89. The smallest absolute Gasteiger partial charge is 0.239 e. The molecule has 0 spiro atoms. The van der Waals surface area contributed by atoms with Crippen LogP contribution < -0.4 is 5.32 Å². The lowest BCUT2D eigenvalue weighted by atomic mass is 10.1. The maximum atomic E-state index is 11.2. The van der Waals surface area contributed by atoms with E-state index < -0.39 is 0 Å². The first-order chi connectivity index (χ1) is 7.81. The van der Waals surface area contributed by atoms with E-state index in [-0.39, 0.29) is 11.8 Å². The average Bonchev–Trinajstić information content (AvgIpc) is 2.78. The Morgan fingerprint density at radius 2 is 2.12 bits per heavy atom. The Morgan fingerprint density at radius 3 is 2.81 bits per heavy atom. The lowest BCUT2D eigenvalue weighted by molar-refractivity contribution is -0.113. The molecule has 1 amide bonds.